The van der Waals surface area contributed by atoms with Crippen LogP contribution in [0.25, 0.3) is 0 Å². The molecule has 1 aliphatic carbocycles. The lowest BCUT2D eigenvalue weighted by molar-refractivity contribution is -0.112. The second-order valence-electron chi connectivity index (χ2n) is 2.34. The van der Waals surface area contributed by atoms with Crippen LogP contribution >= 0.6 is 23.2 Å². The van der Waals surface area contributed by atoms with E-state index in [2.05, 4.69) is 0 Å². The van der Waals surface area contributed by atoms with Gasteiger partial charge in [0, 0.05) is 0 Å². The van der Waals surface area contributed by atoms with Gasteiger partial charge < -0.3 is 0 Å². The monoisotopic (exact) mass is 152 g/mol. The van der Waals surface area contributed by atoms with Gasteiger partial charge in [0.1, 0.15) is 0 Å². The Morgan fingerprint density at radius 3 is 2.25 bits per heavy atom. The molecule has 1 fully saturated rings. The molecule has 0 radical (unpaired) electrons. The number of hydrogen-bond acceptors (Lipinski definition) is 1. The molecule has 0 N–H and O–H groups in total. The first-order chi connectivity index (χ1) is 3.54. The van der Waals surface area contributed by atoms with E-state index in [0.717, 1.165) is 6.42 Å². The molecule has 2 unspecified atom stereocenters. The van der Waals surface area contributed by atoms with Crippen LogP contribution in [0.1, 0.15) is 13.3 Å². The lowest BCUT2D eigenvalue weighted by Crippen LogP contribution is -1.99. The first-order valence-electron chi connectivity index (χ1n) is 2.42. The highest BCUT2D eigenvalue weighted by molar-refractivity contribution is 6.65. The molecule has 0 aromatic carbocycles. The summed E-state index contributed by atoms with van der Waals surface area (Å²) in [5.74, 6) is -0.0918. The number of hydrogen-bond donors (Lipinski definition) is 0. The van der Waals surface area contributed by atoms with Gasteiger partial charge >= 0.3 is 0 Å². The number of halogens is 2. The molecule has 0 heterocycles. The van der Waals surface area contributed by atoms with Gasteiger partial charge in [0.05, 0.1) is 10.8 Å². The number of carbonyl (C=O) groups excluding carboxylic acids is 1. The third-order valence-electron chi connectivity index (χ3n) is 1.44. The Kier molecular flexibility index (Phi) is 1.28. The second-order valence-corrected chi connectivity index (χ2v) is 3.57. The summed E-state index contributed by atoms with van der Waals surface area (Å²) in [7, 11) is 0. The van der Waals surface area contributed by atoms with Crippen molar-refractivity contribution in [3.63, 3.8) is 0 Å². The molecule has 0 aromatic rings. The van der Waals surface area contributed by atoms with Crippen molar-refractivity contribution < 1.29 is 4.79 Å². The Labute approximate surface area is 58.0 Å². The minimum atomic E-state index is -0.321. The van der Waals surface area contributed by atoms with E-state index in [1.807, 2.05) is 6.92 Å². The molecule has 0 aliphatic heterocycles. The van der Waals surface area contributed by atoms with Crippen LogP contribution < -0.4 is 0 Å². The summed E-state index contributed by atoms with van der Waals surface area (Å²) in [5, 5.41) is -0.303. The van der Waals surface area contributed by atoms with Crippen LogP contribution in [-0.4, -0.2) is 10.1 Å². The van der Waals surface area contributed by atoms with Gasteiger partial charge in [-0.25, -0.2) is 0 Å². The Morgan fingerprint density at radius 2 is 2.25 bits per heavy atom. The Balaban J connectivity index is 2.48. The fourth-order valence-corrected chi connectivity index (χ4v) is 1.28. The summed E-state index contributed by atoms with van der Waals surface area (Å²) in [6.07, 6.45) is 0.733. The second kappa shape index (κ2) is 1.61. The van der Waals surface area contributed by atoms with Crippen LogP contribution in [0.5, 0.6) is 0 Å². The van der Waals surface area contributed by atoms with Crippen LogP contribution in [0.2, 0.25) is 0 Å². The molecular formula is C5H6Cl2O. The summed E-state index contributed by atoms with van der Waals surface area (Å²) in [6, 6.07) is 0. The van der Waals surface area contributed by atoms with E-state index >= 15 is 0 Å². The van der Waals surface area contributed by atoms with E-state index in [9.17, 15) is 4.79 Å². The van der Waals surface area contributed by atoms with Crippen molar-refractivity contribution in [3.05, 3.63) is 0 Å². The highest BCUT2D eigenvalue weighted by Gasteiger charge is 2.52. The molecule has 0 aromatic heterocycles. The minimum Gasteiger partial charge on any atom is -0.281 e. The zero-order valence-corrected chi connectivity index (χ0v) is 5.96. The fourth-order valence-electron chi connectivity index (χ4n) is 0.657. The molecule has 0 spiro atoms. The molecule has 0 bridgehead atoms. The van der Waals surface area contributed by atoms with Crippen molar-refractivity contribution in [1.29, 1.82) is 0 Å². The van der Waals surface area contributed by atoms with Crippen LogP contribution in [0.4, 0.5) is 0 Å². The molecule has 1 saturated carbocycles. The maximum atomic E-state index is 10.3. The molecule has 2 atom stereocenters. The van der Waals surface area contributed by atoms with Crippen molar-refractivity contribution in [2.24, 2.45) is 5.92 Å². The summed E-state index contributed by atoms with van der Waals surface area (Å²) < 4.78 is 0. The lowest BCUT2D eigenvalue weighted by Gasteiger charge is -1.91. The van der Waals surface area contributed by atoms with Crippen molar-refractivity contribution in [3.8, 4) is 0 Å². The third kappa shape index (κ3) is 0.981. The van der Waals surface area contributed by atoms with E-state index < -0.39 is 0 Å². The fraction of sp³-hybridized carbons (Fsp3) is 0.800. The molecule has 1 nitrogen and oxygen atoms in total. The zero-order chi connectivity index (χ0) is 6.36. The van der Waals surface area contributed by atoms with Gasteiger partial charge in [-0.05, 0) is 24.9 Å². The predicted molar refractivity (Wildman–Crippen MR) is 33.2 cm³/mol. The topological polar surface area (TPSA) is 17.1 Å². The SMILES string of the molecule is CC1(Cl)CC1C(=O)Cl. The summed E-state index contributed by atoms with van der Waals surface area (Å²) in [6.45, 7) is 1.82. The maximum Gasteiger partial charge on any atom is 0.226 e. The van der Waals surface area contributed by atoms with Gasteiger partial charge in [0.15, 0.2) is 0 Å². The molecule has 0 amide bonds. The van der Waals surface area contributed by atoms with Gasteiger partial charge in [0.25, 0.3) is 0 Å². The average Bonchev–Trinajstić information content (AvgIpc) is 2.13. The highest BCUT2D eigenvalue weighted by Crippen LogP contribution is 2.50. The summed E-state index contributed by atoms with van der Waals surface area (Å²) >= 11 is 10.8. The van der Waals surface area contributed by atoms with Crippen LogP contribution in [0.3, 0.4) is 0 Å². The standard InChI is InChI=1S/C5H6Cl2O/c1-5(7)2-3(5)4(6)8/h3H,2H2,1H3. The molecule has 0 saturated heterocycles. The van der Waals surface area contributed by atoms with Crippen LogP contribution in [-0.2, 0) is 4.79 Å². The number of alkyl halides is 1. The van der Waals surface area contributed by atoms with Crippen molar-refractivity contribution in [1.82, 2.24) is 0 Å². The molecular weight excluding hydrogens is 147 g/mol. The van der Waals surface area contributed by atoms with Gasteiger partial charge in [-0.15, -0.1) is 11.6 Å². The largest absolute Gasteiger partial charge is 0.281 e. The van der Waals surface area contributed by atoms with Gasteiger partial charge in [-0.3, -0.25) is 4.79 Å². The first-order valence-corrected chi connectivity index (χ1v) is 3.18. The maximum absolute atomic E-state index is 10.3. The van der Waals surface area contributed by atoms with Crippen molar-refractivity contribution in [2.45, 2.75) is 18.2 Å². The Morgan fingerprint density at radius 1 is 1.88 bits per heavy atom. The average molecular weight is 153 g/mol. The van der Waals surface area contributed by atoms with Gasteiger partial charge in [-0.2, -0.15) is 0 Å². The minimum absolute atomic E-state index is 0.0918. The van der Waals surface area contributed by atoms with E-state index in [0.29, 0.717) is 0 Å². The molecule has 1 rings (SSSR count). The lowest BCUT2D eigenvalue weighted by atomic mass is 10.4. The van der Waals surface area contributed by atoms with E-state index in [1.54, 1.807) is 0 Å². The molecule has 1 aliphatic rings. The Bertz CT molecular complexity index is 130. The van der Waals surface area contributed by atoms with Crippen LogP contribution in [0, 0.1) is 5.92 Å². The molecule has 3 heteroatoms. The summed E-state index contributed by atoms with van der Waals surface area (Å²) in [4.78, 5) is 9.98. The molecule has 46 valence electrons. The number of carbonyl (C=O) groups is 1. The number of rotatable bonds is 1. The van der Waals surface area contributed by atoms with Gasteiger partial charge in [-0.1, -0.05) is 0 Å². The van der Waals surface area contributed by atoms with Crippen molar-refractivity contribution in [2.75, 3.05) is 0 Å². The van der Waals surface area contributed by atoms with E-state index in [1.165, 1.54) is 0 Å². The highest BCUT2D eigenvalue weighted by atomic mass is 35.5. The van der Waals surface area contributed by atoms with Crippen LogP contribution in [0.15, 0.2) is 0 Å². The molecule has 8 heavy (non-hydrogen) atoms. The van der Waals surface area contributed by atoms with Gasteiger partial charge in [0.2, 0.25) is 5.24 Å². The first kappa shape index (κ1) is 6.37. The predicted octanol–water partition coefficient (Wildman–Crippen LogP) is 1.77. The summed E-state index contributed by atoms with van der Waals surface area (Å²) in [5.41, 5.74) is 0. The van der Waals surface area contributed by atoms with Crippen molar-refractivity contribution >= 4 is 28.4 Å². The zero-order valence-electron chi connectivity index (χ0n) is 4.45. The normalized spacial score (nSPS) is 44.1. The smallest absolute Gasteiger partial charge is 0.226 e. The quantitative estimate of drug-likeness (QED) is 0.414. The Hall–Kier alpha value is 0.250. The third-order valence-corrected chi connectivity index (χ3v) is 2.12. The van der Waals surface area contributed by atoms with E-state index in [-0.39, 0.29) is 16.0 Å². The van der Waals surface area contributed by atoms with E-state index in [4.69, 9.17) is 23.2 Å².